The summed E-state index contributed by atoms with van der Waals surface area (Å²) in [4.78, 5) is 0. The van der Waals surface area contributed by atoms with Gasteiger partial charge < -0.3 is 23.7 Å². The van der Waals surface area contributed by atoms with Crippen LogP contribution in [0.3, 0.4) is 0 Å². The first-order valence-electron chi connectivity index (χ1n) is 17.9. The molecule has 0 aromatic heterocycles. The van der Waals surface area contributed by atoms with Crippen molar-refractivity contribution in [2.45, 2.75) is 129 Å². The van der Waals surface area contributed by atoms with Crippen molar-refractivity contribution in [1.82, 2.24) is 0 Å². The number of hydrogen-bond donors (Lipinski definition) is 0. The van der Waals surface area contributed by atoms with Crippen molar-refractivity contribution in [1.29, 1.82) is 0 Å². The Hall–Kier alpha value is -1.92. The van der Waals surface area contributed by atoms with Crippen molar-refractivity contribution in [3.05, 3.63) is 72.0 Å². The Kier molecular flexibility index (Phi) is 13.9. The summed E-state index contributed by atoms with van der Waals surface area (Å²) in [5, 5.41) is 0. The van der Waals surface area contributed by atoms with Crippen molar-refractivity contribution < 1.29 is 23.7 Å². The van der Waals surface area contributed by atoms with Gasteiger partial charge in [-0.15, -0.1) is 6.58 Å². The summed E-state index contributed by atoms with van der Waals surface area (Å²) >= 11 is 0. The zero-order chi connectivity index (χ0) is 30.4. The molecule has 1 aromatic rings. The highest BCUT2D eigenvalue weighted by Gasteiger charge is 2.49. The first kappa shape index (κ1) is 33.4. The van der Waals surface area contributed by atoms with Gasteiger partial charge in [-0.05, 0) is 113 Å². The molecule has 1 aromatic carbocycles. The second-order valence-electron chi connectivity index (χ2n) is 13.7. The van der Waals surface area contributed by atoms with Crippen LogP contribution in [-0.4, -0.2) is 38.5 Å². The molecule has 2 saturated heterocycles. The Morgan fingerprint density at radius 3 is 2.55 bits per heavy atom. The maximum atomic E-state index is 6.84. The van der Waals surface area contributed by atoms with Gasteiger partial charge in [-0.3, -0.25) is 0 Å². The molecular formula is C39H58O5. The first-order chi connectivity index (χ1) is 21.7. The molecular weight excluding hydrogens is 548 g/mol. The van der Waals surface area contributed by atoms with Gasteiger partial charge in [0.15, 0.2) is 12.6 Å². The molecule has 5 nitrogen and oxygen atoms in total. The van der Waals surface area contributed by atoms with Crippen molar-refractivity contribution in [3.8, 4) is 0 Å². The van der Waals surface area contributed by atoms with Crippen LogP contribution in [0.5, 0.6) is 0 Å². The number of fused-ring (bicyclic) bond motifs is 1. The third-order valence-electron chi connectivity index (χ3n) is 10.0. The maximum Gasteiger partial charge on any atom is 0.199 e. The molecule has 2 heterocycles. The molecule has 2 aliphatic carbocycles. The SMILES string of the molecule is C=CCCCC(C)CC=C(OC1CCCCO1)[C@H]1[C@@H]2CC(CCCCOCc3ccccc3)=C[C@@H]2C[C@@H]1OC1CCCCO1. The average molecular weight is 607 g/mol. The van der Waals surface area contributed by atoms with E-state index in [1.54, 1.807) is 5.57 Å². The molecule has 0 bridgehead atoms. The van der Waals surface area contributed by atoms with E-state index in [4.69, 9.17) is 23.7 Å². The summed E-state index contributed by atoms with van der Waals surface area (Å²) in [7, 11) is 0. The van der Waals surface area contributed by atoms with Crippen LogP contribution in [0.1, 0.15) is 109 Å². The lowest BCUT2D eigenvalue weighted by atomic mass is 9.86. The Morgan fingerprint density at radius 2 is 1.80 bits per heavy atom. The van der Waals surface area contributed by atoms with Crippen LogP contribution in [-0.2, 0) is 30.3 Å². The van der Waals surface area contributed by atoms with E-state index < -0.39 is 0 Å². The lowest BCUT2D eigenvalue weighted by Gasteiger charge is -2.34. The highest BCUT2D eigenvalue weighted by atomic mass is 16.7. The quantitative estimate of drug-likeness (QED) is 0.0946. The minimum absolute atomic E-state index is 0.0839. The highest BCUT2D eigenvalue weighted by Crippen LogP contribution is 2.52. The summed E-state index contributed by atoms with van der Waals surface area (Å²) in [5.41, 5.74) is 2.86. The molecule has 3 unspecified atom stereocenters. The second-order valence-corrected chi connectivity index (χ2v) is 13.7. The maximum absolute atomic E-state index is 6.84. The number of allylic oxidation sites excluding steroid dienone is 4. The molecule has 0 N–H and O–H groups in total. The van der Waals surface area contributed by atoms with Crippen LogP contribution in [0.15, 0.2) is 66.5 Å². The predicted molar refractivity (Wildman–Crippen MR) is 177 cm³/mol. The van der Waals surface area contributed by atoms with Crippen molar-refractivity contribution >= 4 is 0 Å². The fourth-order valence-corrected chi connectivity index (χ4v) is 7.59. The fourth-order valence-electron chi connectivity index (χ4n) is 7.59. The zero-order valence-electron chi connectivity index (χ0n) is 27.3. The van der Waals surface area contributed by atoms with Crippen LogP contribution < -0.4 is 0 Å². The molecule has 0 amide bonds. The molecule has 1 saturated carbocycles. The van der Waals surface area contributed by atoms with Gasteiger partial charge in [0.25, 0.3) is 0 Å². The number of rotatable bonds is 18. The number of ether oxygens (including phenoxy) is 5. The van der Waals surface area contributed by atoms with E-state index in [-0.39, 0.29) is 24.6 Å². The molecule has 0 radical (unpaired) electrons. The third-order valence-corrected chi connectivity index (χ3v) is 10.0. The van der Waals surface area contributed by atoms with Crippen LogP contribution in [0, 0.1) is 23.7 Å². The first-order valence-corrected chi connectivity index (χ1v) is 17.9. The number of hydrogen-bond acceptors (Lipinski definition) is 5. The fraction of sp³-hybridized carbons (Fsp3) is 0.692. The van der Waals surface area contributed by atoms with Gasteiger partial charge >= 0.3 is 0 Å². The van der Waals surface area contributed by atoms with Gasteiger partial charge in [0.2, 0.25) is 0 Å². The monoisotopic (exact) mass is 606 g/mol. The topological polar surface area (TPSA) is 46.2 Å². The van der Waals surface area contributed by atoms with E-state index in [1.807, 2.05) is 6.08 Å². The summed E-state index contributed by atoms with van der Waals surface area (Å²) < 4.78 is 31.8. The van der Waals surface area contributed by atoms with Gasteiger partial charge in [-0.2, -0.15) is 0 Å². The Labute approximate surface area is 267 Å². The molecule has 3 fully saturated rings. The zero-order valence-corrected chi connectivity index (χ0v) is 27.3. The number of unbranched alkanes of at least 4 members (excludes halogenated alkanes) is 2. The molecule has 44 heavy (non-hydrogen) atoms. The third kappa shape index (κ3) is 10.3. The van der Waals surface area contributed by atoms with Crippen LogP contribution in [0.25, 0.3) is 0 Å². The van der Waals surface area contributed by atoms with E-state index in [9.17, 15) is 0 Å². The van der Waals surface area contributed by atoms with E-state index in [0.29, 0.717) is 24.4 Å². The summed E-state index contributed by atoms with van der Waals surface area (Å²) in [5.74, 6) is 3.06. The van der Waals surface area contributed by atoms with E-state index in [0.717, 1.165) is 89.8 Å². The summed E-state index contributed by atoms with van der Waals surface area (Å²) in [6, 6.07) is 10.5. The smallest absolute Gasteiger partial charge is 0.199 e. The standard InChI is InChI=1S/C39H58O5/c1-3-4-6-15-30(2)21-22-35(43-37-19-10-13-24-41-37)39-34-27-32(18-9-12-23-40-29-31-16-7-5-8-17-31)26-33(34)28-36(39)44-38-20-11-14-25-42-38/h3,5,7-8,16-17,22,26,30,33-34,36-39H,1,4,6,9-15,18-21,23-25,27-29H2,2H3/t30?,33-,34-,36+,37?,38?,39-/m1/s1. The van der Waals surface area contributed by atoms with Crippen LogP contribution >= 0.6 is 0 Å². The molecule has 5 rings (SSSR count). The minimum Gasteiger partial charge on any atom is -0.469 e. The van der Waals surface area contributed by atoms with E-state index in [2.05, 4.69) is 56.0 Å². The van der Waals surface area contributed by atoms with Gasteiger partial charge in [-0.25, -0.2) is 0 Å². The molecule has 7 atom stereocenters. The summed E-state index contributed by atoms with van der Waals surface area (Å²) in [6.07, 6.45) is 23.7. The molecule has 244 valence electrons. The molecule has 2 aliphatic heterocycles. The molecule has 4 aliphatic rings. The second kappa shape index (κ2) is 18.3. The minimum atomic E-state index is -0.138. The lowest BCUT2D eigenvalue weighted by molar-refractivity contribution is -0.200. The van der Waals surface area contributed by atoms with Gasteiger partial charge in [0, 0.05) is 25.6 Å². The average Bonchev–Trinajstić information content (AvgIpc) is 3.59. The van der Waals surface area contributed by atoms with Gasteiger partial charge in [-0.1, -0.05) is 61.4 Å². The Balaban J connectivity index is 1.22. The lowest BCUT2D eigenvalue weighted by Crippen LogP contribution is -2.34. The normalized spacial score (nSPS) is 29.7. The summed E-state index contributed by atoms with van der Waals surface area (Å²) in [6.45, 7) is 9.40. The molecule has 0 spiro atoms. The van der Waals surface area contributed by atoms with Crippen molar-refractivity contribution in [3.63, 3.8) is 0 Å². The van der Waals surface area contributed by atoms with E-state index in [1.165, 1.54) is 37.7 Å². The predicted octanol–water partition coefficient (Wildman–Crippen LogP) is 9.68. The van der Waals surface area contributed by atoms with Crippen molar-refractivity contribution in [2.75, 3.05) is 19.8 Å². The van der Waals surface area contributed by atoms with Crippen LogP contribution in [0.2, 0.25) is 0 Å². The highest BCUT2D eigenvalue weighted by molar-refractivity contribution is 5.23. The van der Waals surface area contributed by atoms with E-state index >= 15 is 0 Å². The van der Waals surface area contributed by atoms with Crippen molar-refractivity contribution in [2.24, 2.45) is 23.7 Å². The van der Waals surface area contributed by atoms with Crippen LogP contribution in [0.4, 0.5) is 0 Å². The Bertz CT molecular complexity index is 1020. The Morgan fingerprint density at radius 1 is 1.00 bits per heavy atom. The number of benzene rings is 1. The largest absolute Gasteiger partial charge is 0.469 e. The van der Waals surface area contributed by atoms with Gasteiger partial charge in [0.05, 0.1) is 19.3 Å². The molecule has 5 heteroatoms. The van der Waals surface area contributed by atoms with Gasteiger partial charge in [0.1, 0.15) is 5.76 Å².